The summed E-state index contributed by atoms with van der Waals surface area (Å²) in [6.07, 6.45) is 0. The molecule has 0 heterocycles. The molecular weight excluding hydrogens is 438 g/mol. The highest BCUT2D eigenvalue weighted by atomic mass is 35.5. The fraction of sp³-hybridized carbons (Fsp3) is 0.174. The lowest BCUT2D eigenvalue weighted by Crippen LogP contribution is -2.40. The standard InChI is InChI=1S/C23H22ClNO5S/c1-16-9-11-19(13-17(16)2)30-15-23(26)25(18-10-12-22(29-3)21(24)14-18)31(27,28)20-7-5-4-6-8-20/h4-14H,15H2,1-3H3. The molecule has 0 saturated heterocycles. The number of carbonyl (C=O) groups excluding carboxylic acids is 1. The second-order valence-electron chi connectivity index (χ2n) is 6.83. The van der Waals surface area contributed by atoms with Crippen LogP contribution >= 0.6 is 11.6 Å². The lowest BCUT2D eigenvalue weighted by molar-refractivity contribution is -0.119. The average molecular weight is 460 g/mol. The molecule has 0 radical (unpaired) electrons. The van der Waals surface area contributed by atoms with Crippen LogP contribution in [-0.4, -0.2) is 28.0 Å². The molecule has 1 amide bonds. The van der Waals surface area contributed by atoms with Crippen LogP contribution in [0.1, 0.15) is 11.1 Å². The number of amides is 1. The Hall–Kier alpha value is -3.03. The van der Waals surface area contributed by atoms with Crippen molar-refractivity contribution in [1.29, 1.82) is 0 Å². The summed E-state index contributed by atoms with van der Waals surface area (Å²) in [7, 11) is -2.76. The molecule has 0 unspecified atom stereocenters. The molecule has 0 aliphatic carbocycles. The Bertz CT molecular complexity index is 1200. The average Bonchev–Trinajstić information content (AvgIpc) is 2.75. The van der Waals surface area contributed by atoms with E-state index in [0.29, 0.717) is 15.8 Å². The quantitative estimate of drug-likeness (QED) is 0.509. The molecule has 162 valence electrons. The molecule has 0 aromatic heterocycles. The summed E-state index contributed by atoms with van der Waals surface area (Å²) in [6.45, 7) is 3.42. The normalized spacial score (nSPS) is 11.1. The number of hydrogen-bond donors (Lipinski definition) is 0. The summed E-state index contributed by atoms with van der Waals surface area (Å²) >= 11 is 6.19. The topological polar surface area (TPSA) is 72.9 Å². The third-order valence-corrected chi connectivity index (χ3v) is 6.78. The van der Waals surface area contributed by atoms with Crippen LogP contribution in [0.4, 0.5) is 5.69 Å². The molecule has 0 spiro atoms. The summed E-state index contributed by atoms with van der Waals surface area (Å²) in [5, 5.41) is 0.177. The van der Waals surface area contributed by atoms with Crippen LogP contribution in [0.2, 0.25) is 5.02 Å². The number of rotatable bonds is 7. The Balaban J connectivity index is 1.98. The van der Waals surface area contributed by atoms with Gasteiger partial charge in [0.1, 0.15) is 11.5 Å². The minimum Gasteiger partial charge on any atom is -0.495 e. The van der Waals surface area contributed by atoms with Crippen LogP contribution < -0.4 is 13.8 Å². The van der Waals surface area contributed by atoms with Crippen LogP contribution in [-0.2, 0) is 14.8 Å². The van der Waals surface area contributed by atoms with Gasteiger partial charge in [-0.25, -0.2) is 8.42 Å². The fourth-order valence-electron chi connectivity index (χ4n) is 2.90. The smallest absolute Gasteiger partial charge is 0.278 e. The van der Waals surface area contributed by atoms with Crippen molar-refractivity contribution in [2.75, 3.05) is 18.0 Å². The van der Waals surface area contributed by atoms with Gasteiger partial charge >= 0.3 is 0 Å². The van der Waals surface area contributed by atoms with E-state index in [-0.39, 0.29) is 15.6 Å². The first kappa shape index (κ1) is 22.7. The number of aryl methyl sites for hydroxylation is 2. The maximum Gasteiger partial charge on any atom is 0.278 e. The molecule has 3 rings (SSSR count). The lowest BCUT2D eigenvalue weighted by Gasteiger charge is -2.23. The Kier molecular flexibility index (Phi) is 6.87. The number of ether oxygens (including phenoxy) is 2. The van der Waals surface area contributed by atoms with Crippen molar-refractivity contribution < 1.29 is 22.7 Å². The van der Waals surface area contributed by atoms with E-state index >= 15 is 0 Å². The molecule has 0 fully saturated rings. The van der Waals surface area contributed by atoms with Gasteiger partial charge in [-0.15, -0.1) is 0 Å². The van der Waals surface area contributed by atoms with Crippen LogP contribution in [0.3, 0.4) is 0 Å². The van der Waals surface area contributed by atoms with Gasteiger partial charge in [0.15, 0.2) is 6.61 Å². The number of sulfonamides is 1. The summed E-state index contributed by atoms with van der Waals surface area (Å²) < 4.78 is 38.1. The third kappa shape index (κ3) is 5.00. The molecule has 6 nitrogen and oxygen atoms in total. The number of carbonyl (C=O) groups is 1. The number of benzene rings is 3. The van der Waals surface area contributed by atoms with Crippen LogP contribution in [0.5, 0.6) is 11.5 Å². The van der Waals surface area contributed by atoms with Gasteiger partial charge in [0.05, 0.1) is 22.7 Å². The number of nitrogens with zero attached hydrogens (tertiary/aromatic N) is 1. The van der Waals surface area contributed by atoms with E-state index in [2.05, 4.69) is 0 Å². The van der Waals surface area contributed by atoms with Gasteiger partial charge in [0, 0.05) is 0 Å². The number of methoxy groups -OCH3 is 1. The number of anilines is 1. The Morgan fingerprint density at radius 2 is 1.68 bits per heavy atom. The highest BCUT2D eigenvalue weighted by Crippen LogP contribution is 2.32. The van der Waals surface area contributed by atoms with Crippen LogP contribution in [0.25, 0.3) is 0 Å². The van der Waals surface area contributed by atoms with Gasteiger partial charge in [-0.05, 0) is 67.4 Å². The monoisotopic (exact) mass is 459 g/mol. The third-order valence-electron chi connectivity index (χ3n) is 4.72. The van der Waals surface area contributed by atoms with E-state index in [1.807, 2.05) is 19.9 Å². The Labute approximate surface area is 187 Å². The van der Waals surface area contributed by atoms with Crippen molar-refractivity contribution in [3.8, 4) is 11.5 Å². The maximum atomic E-state index is 13.3. The first-order chi connectivity index (χ1) is 14.7. The lowest BCUT2D eigenvalue weighted by atomic mass is 10.1. The van der Waals surface area contributed by atoms with Crippen molar-refractivity contribution in [2.24, 2.45) is 0 Å². The van der Waals surface area contributed by atoms with E-state index in [1.54, 1.807) is 30.3 Å². The van der Waals surface area contributed by atoms with Gasteiger partial charge in [0.25, 0.3) is 15.9 Å². The molecule has 3 aromatic rings. The predicted molar refractivity (Wildman–Crippen MR) is 121 cm³/mol. The van der Waals surface area contributed by atoms with Gasteiger partial charge in [-0.3, -0.25) is 4.79 Å². The molecule has 0 saturated carbocycles. The molecule has 0 atom stereocenters. The van der Waals surface area contributed by atoms with Crippen LogP contribution in [0.15, 0.2) is 71.6 Å². The first-order valence-electron chi connectivity index (χ1n) is 9.41. The minimum absolute atomic E-state index is 0.0264. The van der Waals surface area contributed by atoms with Gasteiger partial charge < -0.3 is 9.47 Å². The zero-order chi connectivity index (χ0) is 22.6. The second-order valence-corrected chi connectivity index (χ2v) is 9.02. The summed E-state index contributed by atoms with van der Waals surface area (Å²) in [4.78, 5) is 13.1. The van der Waals surface area contributed by atoms with Crippen molar-refractivity contribution in [3.63, 3.8) is 0 Å². The second kappa shape index (κ2) is 9.41. The summed E-state index contributed by atoms with van der Waals surface area (Å²) in [5.74, 6) is 0.0749. The molecule has 0 aliphatic heterocycles. The molecule has 0 aliphatic rings. The van der Waals surface area contributed by atoms with Crippen molar-refractivity contribution >= 4 is 33.2 Å². The number of hydrogen-bond acceptors (Lipinski definition) is 5. The molecule has 31 heavy (non-hydrogen) atoms. The van der Waals surface area contributed by atoms with Crippen molar-refractivity contribution in [1.82, 2.24) is 0 Å². The predicted octanol–water partition coefficient (Wildman–Crippen LogP) is 4.77. The Morgan fingerprint density at radius 1 is 0.968 bits per heavy atom. The van der Waals surface area contributed by atoms with Gasteiger partial charge in [-0.1, -0.05) is 35.9 Å². The first-order valence-corrected chi connectivity index (χ1v) is 11.2. The summed E-state index contributed by atoms with van der Waals surface area (Å²) in [6, 6.07) is 17.4. The van der Waals surface area contributed by atoms with Crippen molar-refractivity contribution in [2.45, 2.75) is 18.7 Å². The van der Waals surface area contributed by atoms with Crippen LogP contribution in [0, 0.1) is 13.8 Å². The molecular formula is C23H22ClNO5S. The fourth-order valence-corrected chi connectivity index (χ4v) is 4.58. The summed E-state index contributed by atoms with van der Waals surface area (Å²) in [5.41, 5.74) is 2.17. The van der Waals surface area contributed by atoms with E-state index in [4.69, 9.17) is 21.1 Å². The van der Waals surface area contributed by atoms with E-state index in [0.717, 1.165) is 11.1 Å². The van der Waals surface area contributed by atoms with E-state index in [9.17, 15) is 13.2 Å². The van der Waals surface area contributed by atoms with Gasteiger partial charge in [-0.2, -0.15) is 4.31 Å². The highest BCUT2D eigenvalue weighted by molar-refractivity contribution is 7.93. The van der Waals surface area contributed by atoms with E-state index < -0.39 is 22.5 Å². The van der Waals surface area contributed by atoms with E-state index in [1.165, 1.54) is 37.4 Å². The van der Waals surface area contributed by atoms with Crippen molar-refractivity contribution in [3.05, 3.63) is 82.9 Å². The molecule has 0 bridgehead atoms. The zero-order valence-corrected chi connectivity index (χ0v) is 18.9. The number of halogens is 1. The highest BCUT2D eigenvalue weighted by Gasteiger charge is 2.31. The largest absolute Gasteiger partial charge is 0.495 e. The van der Waals surface area contributed by atoms with Gasteiger partial charge in [0.2, 0.25) is 0 Å². The SMILES string of the molecule is COc1ccc(N(C(=O)COc2ccc(C)c(C)c2)S(=O)(=O)c2ccccc2)cc1Cl. The zero-order valence-electron chi connectivity index (χ0n) is 17.3. The minimum atomic E-state index is -4.20. The molecule has 3 aromatic carbocycles. The maximum absolute atomic E-state index is 13.3. The Morgan fingerprint density at radius 3 is 2.29 bits per heavy atom. The molecule has 8 heteroatoms. The molecule has 0 N–H and O–H groups in total.